The predicted octanol–water partition coefficient (Wildman–Crippen LogP) is 3.43. The van der Waals surface area contributed by atoms with Crippen LogP contribution in [0.15, 0.2) is 53.5 Å². The van der Waals surface area contributed by atoms with E-state index in [1.807, 2.05) is 18.2 Å². The average molecular weight is 430 g/mol. The molecule has 1 aromatic carbocycles. The zero-order chi connectivity index (χ0) is 22.1. The molecule has 0 aliphatic heterocycles. The van der Waals surface area contributed by atoms with E-state index >= 15 is 0 Å². The highest BCUT2D eigenvalue weighted by molar-refractivity contribution is 7.90. The molecule has 160 valence electrons. The molecule has 7 heteroatoms. The van der Waals surface area contributed by atoms with Crippen LogP contribution in [0.1, 0.15) is 36.0 Å². The van der Waals surface area contributed by atoms with Crippen LogP contribution in [0, 0.1) is 12.7 Å². The van der Waals surface area contributed by atoms with Gasteiger partial charge < -0.3 is 15.6 Å². The summed E-state index contributed by atoms with van der Waals surface area (Å²) in [7, 11) is 1.67. The Hall–Kier alpha value is -2.64. The molecule has 0 fully saturated rings. The van der Waals surface area contributed by atoms with E-state index in [-0.39, 0.29) is 17.4 Å². The number of pyridine rings is 1. The molecule has 30 heavy (non-hydrogen) atoms. The lowest BCUT2D eigenvalue weighted by Crippen LogP contribution is -2.21. The van der Waals surface area contributed by atoms with Crippen LogP contribution in [0.3, 0.4) is 0 Å². The molecule has 1 amide bonds. The van der Waals surface area contributed by atoms with Crippen molar-refractivity contribution < 1.29 is 9.18 Å². The number of hydrogen-bond donors (Lipinski definition) is 3. The van der Waals surface area contributed by atoms with Gasteiger partial charge in [-0.2, -0.15) is 0 Å². The lowest BCUT2D eigenvalue weighted by atomic mass is 9.99. The summed E-state index contributed by atoms with van der Waals surface area (Å²) in [4.78, 5) is 22.6. The van der Waals surface area contributed by atoms with Gasteiger partial charge in [0.2, 0.25) is 12.0 Å². The minimum Gasteiger partial charge on any atom is -0.359 e. The van der Waals surface area contributed by atoms with Crippen molar-refractivity contribution in [3.05, 3.63) is 81.5 Å². The lowest BCUT2D eigenvalue weighted by molar-refractivity contribution is -0.109. The summed E-state index contributed by atoms with van der Waals surface area (Å²) >= 11 is 4.69. The maximum absolute atomic E-state index is 14.2. The van der Waals surface area contributed by atoms with Crippen molar-refractivity contribution in [1.29, 1.82) is 0 Å². The van der Waals surface area contributed by atoms with Gasteiger partial charge in [-0.3, -0.25) is 9.59 Å². The standard InChI is InChI=1S/C23H28FN3O2S/c1-16-8-9-17(13-21(16)24)20(7-3-5-19(25)6-4-12-26-15-28)23(30)18-10-11-22(29)27(2)14-18/h3,7-11,13-15,19,30H,4-6,12,25H2,1-2H3,(H,26,28)/b7-3+,23-20+. The highest BCUT2D eigenvalue weighted by Crippen LogP contribution is 2.31. The van der Waals surface area contributed by atoms with Crippen LogP contribution < -0.4 is 16.6 Å². The zero-order valence-electron chi connectivity index (χ0n) is 17.3. The first-order valence-electron chi connectivity index (χ1n) is 9.79. The van der Waals surface area contributed by atoms with E-state index in [0.29, 0.717) is 35.4 Å². The molecule has 0 aliphatic rings. The largest absolute Gasteiger partial charge is 0.359 e. The van der Waals surface area contributed by atoms with E-state index in [1.165, 1.54) is 16.7 Å². The van der Waals surface area contributed by atoms with Crippen LogP contribution in [-0.4, -0.2) is 23.6 Å². The molecule has 0 saturated heterocycles. The van der Waals surface area contributed by atoms with Gasteiger partial charge >= 0.3 is 0 Å². The third-order valence-corrected chi connectivity index (χ3v) is 5.30. The molecule has 0 bridgehead atoms. The summed E-state index contributed by atoms with van der Waals surface area (Å²) in [5.74, 6) is -0.292. The zero-order valence-corrected chi connectivity index (χ0v) is 18.2. The van der Waals surface area contributed by atoms with Crippen LogP contribution >= 0.6 is 12.6 Å². The van der Waals surface area contributed by atoms with Gasteiger partial charge in [-0.05, 0) is 55.0 Å². The summed E-state index contributed by atoms with van der Waals surface area (Å²) in [6.07, 6.45) is 8.43. The fourth-order valence-electron chi connectivity index (χ4n) is 2.97. The lowest BCUT2D eigenvalue weighted by Gasteiger charge is -2.12. The van der Waals surface area contributed by atoms with Gasteiger partial charge in [0.1, 0.15) is 5.82 Å². The number of aromatic nitrogens is 1. The van der Waals surface area contributed by atoms with Crippen LogP contribution in [0.4, 0.5) is 4.39 Å². The molecule has 1 heterocycles. The highest BCUT2D eigenvalue weighted by atomic mass is 32.1. The summed E-state index contributed by atoms with van der Waals surface area (Å²) in [5.41, 5.74) is 8.78. The fraction of sp³-hybridized carbons (Fsp3) is 0.304. The molecular weight excluding hydrogens is 401 g/mol. The van der Waals surface area contributed by atoms with Crippen LogP contribution in [-0.2, 0) is 11.8 Å². The Balaban J connectivity index is 2.31. The topological polar surface area (TPSA) is 77.1 Å². The van der Waals surface area contributed by atoms with E-state index in [2.05, 4.69) is 17.9 Å². The number of carbonyl (C=O) groups excluding carboxylic acids is 1. The van der Waals surface area contributed by atoms with Crippen LogP contribution in [0.2, 0.25) is 0 Å². The Kier molecular flexibility index (Phi) is 9.08. The number of benzene rings is 1. The first kappa shape index (κ1) is 23.6. The number of amides is 1. The summed E-state index contributed by atoms with van der Waals surface area (Å²) < 4.78 is 15.7. The smallest absolute Gasteiger partial charge is 0.250 e. The number of nitrogens with zero attached hydrogens (tertiary/aromatic N) is 1. The average Bonchev–Trinajstić information content (AvgIpc) is 2.72. The van der Waals surface area contributed by atoms with Crippen molar-refractivity contribution in [3.8, 4) is 0 Å². The number of carbonyl (C=O) groups is 1. The van der Waals surface area contributed by atoms with Gasteiger partial charge in [-0.15, -0.1) is 12.6 Å². The quantitative estimate of drug-likeness (QED) is 0.234. The van der Waals surface area contributed by atoms with E-state index in [4.69, 9.17) is 5.73 Å². The third kappa shape index (κ3) is 6.71. The Labute approximate surface area is 181 Å². The SMILES string of the molecule is Cc1ccc(C(/C=C/CC(N)CCCNC=O)=C(/S)c2ccc(=O)n(C)c2)cc1F. The van der Waals surface area contributed by atoms with Gasteiger partial charge in [0.15, 0.2) is 0 Å². The monoisotopic (exact) mass is 429 g/mol. The number of nitrogens with one attached hydrogen (secondary N) is 1. The molecule has 2 rings (SSSR count). The van der Waals surface area contributed by atoms with Gasteiger partial charge in [-0.1, -0.05) is 24.3 Å². The molecular formula is C23H28FN3O2S. The minimum atomic E-state index is -0.292. The first-order valence-corrected chi connectivity index (χ1v) is 10.2. The van der Waals surface area contributed by atoms with Crippen molar-refractivity contribution in [2.45, 2.75) is 32.2 Å². The Morgan fingerprint density at radius 1 is 1.30 bits per heavy atom. The van der Waals surface area contributed by atoms with Crippen LogP contribution in [0.25, 0.3) is 10.5 Å². The van der Waals surface area contributed by atoms with E-state index < -0.39 is 0 Å². The molecule has 0 aliphatic carbocycles. The molecule has 3 N–H and O–H groups in total. The normalized spacial score (nSPS) is 13.2. The van der Waals surface area contributed by atoms with E-state index in [0.717, 1.165) is 24.0 Å². The van der Waals surface area contributed by atoms with Gasteiger partial charge in [0.05, 0.1) is 0 Å². The molecule has 0 spiro atoms. The van der Waals surface area contributed by atoms with Crippen LogP contribution in [0.5, 0.6) is 0 Å². The third-order valence-electron chi connectivity index (χ3n) is 4.80. The Morgan fingerprint density at radius 3 is 2.70 bits per heavy atom. The Bertz CT molecular complexity index is 998. The second-order valence-electron chi connectivity index (χ2n) is 7.21. The molecule has 2 aromatic rings. The number of nitrogens with two attached hydrogens (primary N) is 1. The van der Waals surface area contributed by atoms with Crippen molar-refractivity contribution in [3.63, 3.8) is 0 Å². The maximum Gasteiger partial charge on any atom is 0.250 e. The summed E-state index contributed by atoms with van der Waals surface area (Å²) in [6.45, 7) is 2.31. The van der Waals surface area contributed by atoms with Gasteiger partial charge in [0, 0.05) is 42.4 Å². The highest BCUT2D eigenvalue weighted by Gasteiger charge is 2.10. The molecule has 1 aromatic heterocycles. The molecule has 1 unspecified atom stereocenters. The van der Waals surface area contributed by atoms with Crippen molar-refractivity contribution >= 4 is 29.5 Å². The first-order chi connectivity index (χ1) is 14.3. The fourth-order valence-corrected chi connectivity index (χ4v) is 3.30. The van der Waals surface area contributed by atoms with E-state index in [9.17, 15) is 14.0 Å². The second-order valence-corrected chi connectivity index (χ2v) is 7.65. The second kappa shape index (κ2) is 11.5. The summed E-state index contributed by atoms with van der Waals surface area (Å²) in [5, 5.41) is 2.62. The van der Waals surface area contributed by atoms with Crippen molar-refractivity contribution in [2.24, 2.45) is 12.8 Å². The van der Waals surface area contributed by atoms with Gasteiger partial charge in [0.25, 0.3) is 0 Å². The summed E-state index contributed by atoms with van der Waals surface area (Å²) in [6, 6.07) is 8.19. The molecule has 0 radical (unpaired) electrons. The number of aryl methyl sites for hydroxylation is 2. The number of thiol groups is 1. The maximum atomic E-state index is 14.2. The number of hydrogen-bond acceptors (Lipinski definition) is 4. The van der Waals surface area contributed by atoms with E-state index in [1.54, 1.807) is 32.3 Å². The Morgan fingerprint density at radius 2 is 2.03 bits per heavy atom. The predicted molar refractivity (Wildman–Crippen MR) is 124 cm³/mol. The van der Waals surface area contributed by atoms with Crippen molar-refractivity contribution in [2.75, 3.05) is 6.54 Å². The molecule has 1 atom stereocenters. The van der Waals surface area contributed by atoms with Crippen molar-refractivity contribution in [1.82, 2.24) is 9.88 Å². The number of allylic oxidation sites excluding steroid dienone is 2. The minimum absolute atomic E-state index is 0.0494. The van der Waals surface area contributed by atoms with Gasteiger partial charge in [-0.25, -0.2) is 4.39 Å². The number of halogens is 1. The molecule has 0 saturated carbocycles. The number of rotatable bonds is 10. The molecule has 5 nitrogen and oxygen atoms in total.